The van der Waals surface area contributed by atoms with Crippen molar-refractivity contribution in [1.82, 2.24) is 10.4 Å². The fourth-order valence-corrected chi connectivity index (χ4v) is 5.02. The molecule has 2 N–H and O–H groups in total. The molecule has 2 heterocycles. The van der Waals surface area contributed by atoms with Crippen LogP contribution in [0, 0.1) is 19.3 Å². The van der Waals surface area contributed by atoms with Crippen LogP contribution in [0.25, 0.3) is 0 Å². The molecule has 2 atom stereocenters. The molecule has 0 aromatic carbocycles. The van der Waals surface area contributed by atoms with Gasteiger partial charge in [-0.2, -0.15) is 4.57 Å². The number of carbonyl (C=O) groups is 1. The van der Waals surface area contributed by atoms with Gasteiger partial charge in [0.05, 0.1) is 5.41 Å². The lowest BCUT2D eigenvalue weighted by Gasteiger charge is -2.35. The van der Waals surface area contributed by atoms with Gasteiger partial charge in [-0.3, -0.25) is 15.6 Å². The summed E-state index contributed by atoms with van der Waals surface area (Å²) in [4.78, 5) is 17.5. The average molecular weight is 351 g/mol. The summed E-state index contributed by atoms with van der Waals surface area (Å²) in [5.74, 6) is 0.791. The minimum absolute atomic E-state index is 0.0858. The van der Waals surface area contributed by atoms with Crippen LogP contribution >= 0.6 is 0 Å². The number of aryl methyl sites for hydroxylation is 2. The SMILES string of the molecule is Cc1cccc(NNC(=O)C23CCCC([n+]4ccccc4C)(CC2)C3)n1. The molecule has 26 heavy (non-hydrogen) atoms. The first-order valence-corrected chi connectivity index (χ1v) is 9.51. The molecule has 4 rings (SSSR count). The van der Waals surface area contributed by atoms with E-state index in [1.807, 2.05) is 25.1 Å². The molecule has 2 unspecified atom stereocenters. The highest BCUT2D eigenvalue weighted by atomic mass is 16.2. The zero-order valence-corrected chi connectivity index (χ0v) is 15.6. The van der Waals surface area contributed by atoms with Crippen LogP contribution in [0.4, 0.5) is 5.82 Å². The van der Waals surface area contributed by atoms with E-state index in [-0.39, 0.29) is 16.9 Å². The number of fused-ring (bicyclic) bond motifs is 2. The highest BCUT2D eigenvalue weighted by Gasteiger charge is 2.60. The van der Waals surface area contributed by atoms with Gasteiger partial charge in [0.2, 0.25) is 5.91 Å². The van der Waals surface area contributed by atoms with Crippen molar-refractivity contribution in [2.75, 3.05) is 5.43 Å². The number of nitrogens with zero attached hydrogens (tertiary/aromatic N) is 2. The van der Waals surface area contributed by atoms with Gasteiger partial charge in [-0.1, -0.05) is 12.1 Å². The lowest BCUT2D eigenvalue weighted by molar-refractivity contribution is -0.771. The zero-order chi connectivity index (χ0) is 18.2. The molecule has 0 aliphatic heterocycles. The second kappa shape index (κ2) is 6.38. The van der Waals surface area contributed by atoms with E-state index in [0.29, 0.717) is 5.82 Å². The summed E-state index contributed by atoms with van der Waals surface area (Å²) in [6, 6.07) is 12.1. The minimum atomic E-state index is -0.273. The Balaban J connectivity index is 1.52. The van der Waals surface area contributed by atoms with Gasteiger partial charge in [0.25, 0.3) is 0 Å². The van der Waals surface area contributed by atoms with Crippen LogP contribution in [0.1, 0.15) is 49.9 Å². The summed E-state index contributed by atoms with van der Waals surface area (Å²) in [6.45, 7) is 4.10. The molecule has 2 aliphatic rings. The second-order valence-corrected chi connectivity index (χ2v) is 7.99. The number of nitrogens with one attached hydrogen (secondary N) is 2. The van der Waals surface area contributed by atoms with E-state index in [0.717, 1.165) is 44.2 Å². The number of hydrogen-bond donors (Lipinski definition) is 2. The third kappa shape index (κ3) is 2.85. The molecule has 2 bridgehead atoms. The normalized spacial score (nSPS) is 27.2. The summed E-state index contributed by atoms with van der Waals surface area (Å²) < 4.78 is 2.41. The Labute approximate surface area is 154 Å². The third-order valence-corrected chi connectivity index (χ3v) is 6.28. The summed E-state index contributed by atoms with van der Waals surface area (Å²) in [5.41, 5.74) is 7.95. The van der Waals surface area contributed by atoms with Gasteiger partial charge < -0.3 is 0 Å². The first-order valence-electron chi connectivity index (χ1n) is 9.51. The summed E-state index contributed by atoms with van der Waals surface area (Å²) >= 11 is 0. The van der Waals surface area contributed by atoms with Crippen molar-refractivity contribution in [1.29, 1.82) is 0 Å². The molecule has 1 amide bonds. The summed E-state index contributed by atoms with van der Waals surface area (Å²) in [6.07, 6.45) is 8.34. The Morgan fingerprint density at radius 1 is 1.08 bits per heavy atom. The van der Waals surface area contributed by atoms with Crippen LogP contribution in [-0.4, -0.2) is 10.9 Å². The molecule has 2 aliphatic carbocycles. The standard InChI is InChI=1S/C21H26N4O/c1-16-7-5-9-18(22-16)23-24-19(26)20-10-6-11-21(15-20,13-12-20)25-14-4-3-8-17(25)2/h3-5,7-9,14H,6,10-13,15H2,1-2H3,(H-,22,23,24,26)/p+1. The zero-order valence-electron chi connectivity index (χ0n) is 15.6. The monoisotopic (exact) mass is 351 g/mol. The molecule has 0 saturated heterocycles. The number of carbonyl (C=O) groups excluding carboxylic acids is 1. The smallest absolute Gasteiger partial charge is 0.244 e. The molecule has 0 spiro atoms. The molecule has 2 saturated carbocycles. The Morgan fingerprint density at radius 3 is 2.77 bits per heavy atom. The number of anilines is 1. The first-order chi connectivity index (χ1) is 12.5. The number of aromatic nitrogens is 2. The highest BCUT2D eigenvalue weighted by Crippen LogP contribution is 2.55. The van der Waals surface area contributed by atoms with Crippen LogP contribution < -0.4 is 15.4 Å². The van der Waals surface area contributed by atoms with Gasteiger partial charge in [0, 0.05) is 44.0 Å². The van der Waals surface area contributed by atoms with Crippen molar-refractivity contribution in [3.05, 3.63) is 54.0 Å². The van der Waals surface area contributed by atoms with Crippen LogP contribution in [0.3, 0.4) is 0 Å². The number of rotatable bonds is 4. The van der Waals surface area contributed by atoms with Gasteiger partial charge in [0.15, 0.2) is 17.4 Å². The van der Waals surface area contributed by atoms with Crippen LogP contribution in [0.5, 0.6) is 0 Å². The van der Waals surface area contributed by atoms with Crippen LogP contribution in [0.15, 0.2) is 42.6 Å². The molecule has 2 aromatic rings. The maximum Gasteiger partial charge on any atom is 0.244 e. The Bertz CT molecular complexity index is 836. The Morgan fingerprint density at radius 2 is 1.96 bits per heavy atom. The lowest BCUT2D eigenvalue weighted by Crippen LogP contribution is -2.59. The van der Waals surface area contributed by atoms with Crippen LogP contribution in [-0.2, 0) is 10.3 Å². The lowest BCUT2D eigenvalue weighted by atomic mass is 9.72. The van der Waals surface area contributed by atoms with Gasteiger partial charge in [0.1, 0.15) is 5.82 Å². The van der Waals surface area contributed by atoms with Gasteiger partial charge in [-0.15, -0.1) is 0 Å². The predicted octanol–water partition coefficient (Wildman–Crippen LogP) is 3.18. The summed E-state index contributed by atoms with van der Waals surface area (Å²) in [5, 5.41) is 0. The minimum Gasteiger partial charge on any atom is -0.282 e. The van der Waals surface area contributed by atoms with E-state index < -0.39 is 0 Å². The maximum absolute atomic E-state index is 13.1. The summed E-state index contributed by atoms with van der Waals surface area (Å²) in [7, 11) is 0. The van der Waals surface area contributed by atoms with Crippen molar-refractivity contribution in [3.63, 3.8) is 0 Å². The first kappa shape index (κ1) is 17.0. The number of hydrazine groups is 1. The van der Waals surface area contributed by atoms with E-state index in [2.05, 4.69) is 51.7 Å². The van der Waals surface area contributed by atoms with E-state index in [1.165, 1.54) is 5.69 Å². The van der Waals surface area contributed by atoms with Crippen molar-refractivity contribution in [3.8, 4) is 0 Å². The number of hydrogen-bond acceptors (Lipinski definition) is 3. The molecule has 0 radical (unpaired) electrons. The van der Waals surface area contributed by atoms with Gasteiger partial charge in [-0.05, 0) is 38.3 Å². The van der Waals surface area contributed by atoms with E-state index in [4.69, 9.17) is 0 Å². The molecule has 136 valence electrons. The van der Waals surface area contributed by atoms with Gasteiger partial charge >= 0.3 is 0 Å². The average Bonchev–Trinajstić information content (AvgIpc) is 2.92. The molecule has 5 nitrogen and oxygen atoms in total. The fourth-order valence-electron chi connectivity index (χ4n) is 5.02. The molecule has 2 fully saturated rings. The van der Waals surface area contributed by atoms with E-state index in [1.54, 1.807) is 0 Å². The van der Waals surface area contributed by atoms with Crippen molar-refractivity contribution < 1.29 is 9.36 Å². The fraction of sp³-hybridized carbons (Fsp3) is 0.476. The van der Waals surface area contributed by atoms with Crippen molar-refractivity contribution in [2.24, 2.45) is 5.41 Å². The molecular weight excluding hydrogens is 324 g/mol. The highest BCUT2D eigenvalue weighted by molar-refractivity contribution is 5.84. The molecule has 5 heteroatoms. The predicted molar refractivity (Wildman–Crippen MR) is 100 cm³/mol. The number of pyridine rings is 2. The van der Waals surface area contributed by atoms with Crippen molar-refractivity contribution in [2.45, 2.75) is 57.9 Å². The molecular formula is C21H27N4O+. The number of amides is 1. The third-order valence-electron chi connectivity index (χ3n) is 6.28. The van der Waals surface area contributed by atoms with Crippen LogP contribution in [0.2, 0.25) is 0 Å². The Hall–Kier alpha value is -2.43. The van der Waals surface area contributed by atoms with E-state index in [9.17, 15) is 4.79 Å². The van der Waals surface area contributed by atoms with Crippen molar-refractivity contribution >= 4 is 11.7 Å². The molecule has 2 aromatic heterocycles. The largest absolute Gasteiger partial charge is 0.282 e. The quantitative estimate of drug-likeness (QED) is 0.657. The maximum atomic E-state index is 13.1. The van der Waals surface area contributed by atoms with E-state index >= 15 is 0 Å². The Kier molecular flexibility index (Phi) is 4.17. The van der Waals surface area contributed by atoms with Gasteiger partial charge in [-0.25, -0.2) is 4.98 Å². The topological polar surface area (TPSA) is 57.9 Å². The second-order valence-electron chi connectivity index (χ2n) is 7.99.